The molecule has 1 spiro atoms. The number of nitrogens with one attached hydrogen (secondary N) is 1. The molecule has 1 saturated heterocycles. The Morgan fingerprint density at radius 3 is 2.79 bits per heavy atom. The van der Waals surface area contributed by atoms with Crippen molar-refractivity contribution in [3.05, 3.63) is 5.15 Å². The summed E-state index contributed by atoms with van der Waals surface area (Å²) in [6.45, 7) is 2.35. The summed E-state index contributed by atoms with van der Waals surface area (Å²) < 4.78 is 18.7. The van der Waals surface area contributed by atoms with Crippen LogP contribution < -0.4 is 11.1 Å². The van der Waals surface area contributed by atoms with Gasteiger partial charge in [0, 0.05) is 18.6 Å². The Bertz CT molecular complexity index is 722. The molecule has 0 amide bonds. The van der Waals surface area contributed by atoms with Crippen molar-refractivity contribution in [1.29, 1.82) is 0 Å². The van der Waals surface area contributed by atoms with Crippen LogP contribution >= 0.6 is 23.4 Å². The first kappa shape index (κ1) is 21.4. The number of rotatable bonds is 8. The monoisotopic (exact) mass is 444 g/mol. The maximum Gasteiger partial charge on any atom is 0.191 e. The minimum Gasteiger partial charge on any atom is -0.394 e. The second-order valence-corrected chi connectivity index (χ2v) is 9.23. The lowest BCUT2D eigenvalue weighted by atomic mass is 10.2. The van der Waals surface area contributed by atoms with Gasteiger partial charge in [0.15, 0.2) is 21.9 Å². The fraction of sp³-hybridized carbons (Fsp3) is 0.789. The third-order valence-corrected chi connectivity index (χ3v) is 7.04. The third-order valence-electron chi connectivity index (χ3n) is 5.70. The summed E-state index contributed by atoms with van der Waals surface area (Å²) in [5.41, 5.74) is 6.49. The van der Waals surface area contributed by atoms with Gasteiger partial charge in [0.2, 0.25) is 0 Å². The largest absolute Gasteiger partial charge is 0.394 e. The van der Waals surface area contributed by atoms with Gasteiger partial charge in [-0.05, 0) is 25.7 Å². The van der Waals surface area contributed by atoms with Crippen LogP contribution in [0.1, 0.15) is 45.4 Å². The van der Waals surface area contributed by atoms with E-state index in [1.807, 2.05) is 0 Å². The van der Waals surface area contributed by atoms with Crippen LogP contribution in [-0.2, 0) is 14.2 Å². The van der Waals surface area contributed by atoms with E-state index in [9.17, 15) is 5.11 Å². The number of anilines is 2. The zero-order chi connectivity index (χ0) is 20.4. The summed E-state index contributed by atoms with van der Waals surface area (Å²) in [5, 5.41) is 13.5. The quantitative estimate of drug-likeness (QED) is 0.316. The van der Waals surface area contributed by atoms with Gasteiger partial charge in [0.1, 0.15) is 17.9 Å². The normalized spacial score (nSPS) is 30.2. The molecule has 2 saturated carbocycles. The number of aromatic nitrogens is 2. The molecule has 3 fully saturated rings. The van der Waals surface area contributed by atoms with Gasteiger partial charge in [0.25, 0.3) is 0 Å². The van der Waals surface area contributed by atoms with Gasteiger partial charge in [0.05, 0.1) is 25.4 Å². The zero-order valence-corrected chi connectivity index (χ0v) is 18.2. The molecule has 8 nitrogen and oxygen atoms in total. The molecule has 29 heavy (non-hydrogen) atoms. The Morgan fingerprint density at radius 1 is 1.31 bits per heavy atom. The van der Waals surface area contributed by atoms with Gasteiger partial charge in [-0.1, -0.05) is 30.3 Å². The van der Waals surface area contributed by atoms with Gasteiger partial charge >= 0.3 is 0 Å². The van der Waals surface area contributed by atoms with Crippen molar-refractivity contribution in [2.75, 3.05) is 30.0 Å². The fourth-order valence-corrected chi connectivity index (χ4v) is 5.32. The molecule has 3 aliphatic rings. The molecule has 0 aromatic carbocycles. The first-order valence-corrected chi connectivity index (χ1v) is 11.7. The molecule has 1 aromatic heterocycles. The van der Waals surface area contributed by atoms with E-state index in [-0.39, 0.29) is 42.7 Å². The Labute approximate surface area is 180 Å². The van der Waals surface area contributed by atoms with Crippen LogP contribution in [0, 0.1) is 0 Å². The van der Waals surface area contributed by atoms with E-state index in [2.05, 4.69) is 22.2 Å². The summed E-state index contributed by atoms with van der Waals surface area (Å²) in [7, 11) is 0. The van der Waals surface area contributed by atoms with Crippen molar-refractivity contribution in [3.8, 4) is 0 Å². The van der Waals surface area contributed by atoms with Crippen LogP contribution in [0.5, 0.6) is 0 Å². The van der Waals surface area contributed by atoms with E-state index >= 15 is 0 Å². The molecule has 0 bridgehead atoms. The number of aliphatic hydroxyl groups excluding tert-OH is 1. The molecular formula is C19H29ClN4O4S. The Balaban J connectivity index is 1.54. The molecule has 162 valence electrons. The van der Waals surface area contributed by atoms with E-state index in [4.69, 9.17) is 31.5 Å². The van der Waals surface area contributed by atoms with Crippen LogP contribution in [0.4, 0.5) is 11.5 Å². The van der Waals surface area contributed by atoms with E-state index in [1.165, 1.54) is 0 Å². The van der Waals surface area contributed by atoms with E-state index in [0.29, 0.717) is 23.1 Å². The van der Waals surface area contributed by atoms with E-state index < -0.39 is 5.79 Å². The van der Waals surface area contributed by atoms with Gasteiger partial charge in [-0.25, -0.2) is 9.97 Å². The van der Waals surface area contributed by atoms with E-state index in [0.717, 1.165) is 37.9 Å². The zero-order valence-electron chi connectivity index (χ0n) is 16.6. The van der Waals surface area contributed by atoms with Crippen molar-refractivity contribution in [3.63, 3.8) is 0 Å². The second-order valence-electron chi connectivity index (χ2n) is 7.81. The molecule has 2 aliphatic carbocycles. The number of nitrogen functional groups attached to an aromatic ring is 1. The molecule has 0 radical (unpaired) electrons. The molecule has 4 atom stereocenters. The lowest BCUT2D eigenvalue weighted by Crippen LogP contribution is -2.35. The number of nitrogens with zero attached hydrogens (tertiary/aromatic N) is 2. The predicted molar refractivity (Wildman–Crippen MR) is 112 cm³/mol. The summed E-state index contributed by atoms with van der Waals surface area (Å²) in [6, 6.07) is -0.0824. The number of aliphatic hydroxyl groups is 1. The first-order chi connectivity index (χ1) is 14.0. The highest BCUT2D eigenvalue weighted by molar-refractivity contribution is 7.99. The number of thioether (sulfide) groups is 1. The van der Waals surface area contributed by atoms with Gasteiger partial charge in [-0.3, -0.25) is 0 Å². The van der Waals surface area contributed by atoms with Crippen molar-refractivity contribution < 1.29 is 19.3 Å². The average Bonchev–Trinajstić information content (AvgIpc) is 3.40. The van der Waals surface area contributed by atoms with Gasteiger partial charge in [-0.15, -0.1) is 0 Å². The summed E-state index contributed by atoms with van der Waals surface area (Å²) in [4.78, 5) is 8.85. The minimum atomic E-state index is -0.506. The van der Waals surface area contributed by atoms with Crippen LogP contribution in [0.15, 0.2) is 5.16 Å². The molecule has 2 heterocycles. The molecule has 4 N–H and O–H groups in total. The highest BCUT2D eigenvalue weighted by Gasteiger charge is 2.58. The van der Waals surface area contributed by atoms with Crippen LogP contribution in [-0.4, -0.2) is 64.2 Å². The summed E-state index contributed by atoms with van der Waals surface area (Å²) >= 11 is 7.80. The molecule has 1 aromatic rings. The maximum absolute atomic E-state index is 9.18. The standard InChI is InChI=1S/C19H29ClN4O4S/c1-2-9-29-18-23-16(20)13(21)17(24-18)22-11-10-12(26-8-7-25)15-14(11)27-19(28-15)5-3-4-6-19/h11-12,14-15,25H,2-10,21H2,1H3,(H,22,23,24). The minimum absolute atomic E-state index is 0.0234. The molecule has 1 aliphatic heterocycles. The van der Waals surface area contributed by atoms with Crippen molar-refractivity contribution in [2.24, 2.45) is 0 Å². The topological polar surface area (TPSA) is 112 Å². The predicted octanol–water partition coefficient (Wildman–Crippen LogP) is 2.83. The third kappa shape index (κ3) is 4.45. The van der Waals surface area contributed by atoms with Crippen LogP contribution in [0.3, 0.4) is 0 Å². The Morgan fingerprint density at radius 2 is 2.07 bits per heavy atom. The lowest BCUT2D eigenvalue weighted by molar-refractivity contribution is -0.187. The maximum atomic E-state index is 9.18. The fourth-order valence-electron chi connectivity index (χ4n) is 4.40. The van der Waals surface area contributed by atoms with E-state index in [1.54, 1.807) is 11.8 Å². The highest BCUT2D eigenvalue weighted by atomic mass is 35.5. The van der Waals surface area contributed by atoms with Crippen LogP contribution in [0.2, 0.25) is 5.15 Å². The Hall–Kier alpha value is -0.840. The molecule has 4 rings (SSSR count). The number of halogens is 1. The van der Waals surface area contributed by atoms with Gasteiger partial charge < -0.3 is 30.4 Å². The highest BCUT2D eigenvalue weighted by Crippen LogP contribution is 2.48. The SMILES string of the molecule is CCCSc1nc(Cl)c(N)c(NC2CC(OCCO)C3OC4(CCCC4)OC23)n1. The number of fused-ring (bicyclic) bond motifs is 1. The lowest BCUT2D eigenvalue weighted by Gasteiger charge is -2.27. The smallest absolute Gasteiger partial charge is 0.191 e. The summed E-state index contributed by atoms with van der Waals surface area (Å²) in [6.07, 6.45) is 5.19. The molecule has 4 unspecified atom stereocenters. The molecule has 10 heteroatoms. The van der Waals surface area contributed by atoms with Crippen molar-refractivity contribution in [2.45, 2.75) is 80.7 Å². The second kappa shape index (κ2) is 9.11. The average molecular weight is 445 g/mol. The number of nitrogens with two attached hydrogens (primary N) is 1. The number of hydrogen-bond acceptors (Lipinski definition) is 9. The number of ether oxygens (including phenoxy) is 3. The first-order valence-electron chi connectivity index (χ1n) is 10.4. The Kier molecular flexibility index (Phi) is 6.72. The van der Waals surface area contributed by atoms with Crippen molar-refractivity contribution >= 4 is 34.9 Å². The summed E-state index contributed by atoms with van der Waals surface area (Å²) in [5.74, 6) is 0.920. The van der Waals surface area contributed by atoms with Crippen molar-refractivity contribution in [1.82, 2.24) is 9.97 Å². The van der Waals surface area contributed by atoms with Gasteiger partial charge in [-0.2, -0.15) is 0 Å². The number of hydrogen-bond donors (Lipinski definition) is 3. The molecular weight excluding hydrogens is 416 g/mol. The van der Waals surface area contributed by atoms with Crippen LogP contribution in [0.25, 0.3) is 0 Å².